The number of likely N-dealkylation sites (N-methyl/N-ethyl adjacent to an activating group) is 1. The second kappa shape index (κ2) is 4.87. The van der Waals surface area contributed by atoms with Crippen LogP contribution in [0.1, 0.15) is 0 Å². The summed E-state index contributed by atoms with van der Waals surface area (Å²) in [6, 6.07) is 6.25. The zero-order valence-electron chi connectivity index (χ0n) is 8.05. The molecule has 0 amide bonds. The van der Waals surface area contributed by atoms with Crippen molar-refractivity contribution in [1.82, 2.24) is 4.31 Å². The van der Waals surface area contributed by atoms with Gasteiger partial charge in [0.2, 0.25) is 10.0 Å². The molecule has 0 aliphatic heterocycles. The molecule has 6 heteroatoms. The molecule has 4 nitrogen and oxygen atoms in total. The number of aldehydes is 1. The van der Waals surface area contributed by atoms with E-state index in [1.165, 1.54) is 19.2 Å². The number of nitrogens with zero attached hydrogens (tertiary/aromatic N) is 1. The highest BCUT2D eigenvalue weighted by atomic mass is 79.9. The molecular formula is C9H10BrNO3S. The minimum Gasteiger partial charge on any atom is -0.302 e. The molecule has 0 radical (unpaired) electrons. The average Bonchev–Trinajstić information content (AvgIpc) is 2.18. The first-order chi connectivity index (χ1) is 6.98. The van der Waals surface area contributed by atoms with Crippen LogP contribution in [0.2, 0.25) is 0 Å². The standard InChI is InChI=1S/C9H10BrNO3S/c1-11(6-7-12)15(13,14)9-4-2-8(10)3-5-9/h2-5,7H,6H2,1H3. The van der Waals surface area contributed by atoms with Gasteiger partial charge in [-0.15, -0.1) is 0 Å². The van der Waals surface area contributed by atoms with E-state index >= 15 is 0 Å². The van der Waals surface area contributed by atoms with Crippen molar-refractivity contribution >= 4 is 32.2 Å². The summed E-state index contributed by atoms with van der Waals surface area (Å²) < 4.78 is 25.4. The van der Waals surface area contributed by atoms with Crippen molar-refractivity contribution in [3.05, 3.63) is 28.7 Å². The second-order valence-electron chi connectivity index (χ2n) is 2.91. The number of hydrogen-bond donors (Lipinski definition) is 0. The maximum absolute atomic E-state index is 11.8. The van der Waals surface area contributed by atoms with Gasteiger partial charge in [-0.2, -0.15) is 4.31 Å². The summed E-state index contributed by atoms with van der Waals surface area (Å²) in [6.45, 7) is -0.140. The Kier molecular flexibility index (Phi) is 4.01. The number of carbonyl (C=O) groups excluding carboxylic acids is 1. The van der Waals surface area contributed by atoms with E-state index in [-0.39, 0.29) is 11.4 Å². The minimum atomic E-state index is -3.54. The van der Waals surface area contributed by atoms with Crippen LogP contribution in [0, 0.1) is 0 Å². The first-order valence-corrected chi connectivity index (χ1v) is 6.37. The van der Waals surface area contributed by atoms with E-state index in [2.05, 4.69) is 15.9 Å². The maximum atomic E-state index is 11.8. The van der Waals surface area contributed by atoms with Crippen LogP contribution in [0.5, 0.6) is 0 Å². The molecule has 0 heterocycles. The number of benzene rings is 1. The van der Waals surface area contributed by atoms with Gasteiger partial charge in [-0.3, -0.25) is 0 Å². The third kappa shape index (κ3) is 2.87. The SMILES string of the molecule is CN(CC=O)S(=O)(=O)c1ccc(Br)cc1. The molecule has 0 N–H and O–H groups in total. The van der Waals surface area contributed by atoms with Gasteiger partial charge in [0, 0.05) is 11.5 Å². The summed E-state index contributed by atoms with van der Waals surface area (Å²) >= 11 is 3.22. The summed E-state index contributed by atoms with van der Waals surface area (Å²) in [7, 11) is -2.17. The van der Waals surface area contributed by atoms with Crippen molar-refractivity contribution in [2.75, 3.05) is 13.6 Å². The van der Waals surface area contributed by atoms with Gasteiger partial charge in [0.15, 0.2) is 0 Å². The summed E-state index contributed by atoms with van der Waals surface area (Å²) in [5.41, 5.74) is 0. The molecule has 0 saturated heterocycles. The molecule has 0 unspecified atom stereocenters. The molecule has 1 aromatic rings. The van der Waals surface area contributed by atoms with Gasteiger partial charge < -0.3 is 4.79 Å². The van der Waals surface area contributed by atoms with Gasteiger partial charge in [-0.1, -0.05) is 15.9 Å². The summed E-state index contributed by atoms with van der Waals surface area (Å²) in [5, 5.41) is 0. The number of rotatable bonds is 4. The molecule has 0 aliphatic rings. The van der Waals surface area contributed by atoms with Gasteiger partial charge in [-0.05, 0) is 24.3 Å². The Bertz CT molecular complexity index is 441. The van der Waals surface area contributed by atoms with Crippen LogP contribution in [0.15, 0.2) is 33.6 Å². The quantitative estimate of drug-likeness (QED) is 0.785. The van der Waals surface area contributed by atoms with E-state index in [0.29, 0.717) is 6.29 Å². The van der Waals surface area contributed by atoms with E-state index in [0.717, 1.165) is 8.78 Å². The van der Waals surface area contributed by atoms with Crippen molar-refractivity contribution in [3.63, 3.8) is 0 Å². The van der Waals surface area contributed by atoms with Crippen LogP contribution in [-0.2, 0) is 14.8 Å². The van der Waals surface area contributed by atoms with Crippen LogP contribution < -0.4 is 0 Å². The Balaban J connectivity index is 3.06. The fourth-order valence-electron chi connectivity index (χ4n) is 0.990. The monoisotopic (exact) mass is 291 g/mol. The maximum Gasteiger partial charge on any atom is 0.243 e. The van der Waals surface area contributed by atoms with Gasteiger partial charge in [0.1, 0.15) is 6.29 Å². The smallest absolute Gasteiger partial charge is 0.243 e. The topological polar surface area (TPSA) is 54.5 Å². The Morgan fingerprint density at radius 1 is 1.33 bits per heavy atom. The normalized spacial score (nSPS) is 11.7. The molecular weight excluding hydrogens is 282 g/mol. The van der Waals surface area contributed by atoms with Crippen molar-refractivity contribution < 1.29 is 13.2 Å². The van der Waals surface area contributed by atoms with Crippen molar-refractivity contribution in [2.24, 2.45) is 0 Å². The number of halogens is 1. The summed E-state index contributed by atoms with van der Waals surface area (Å²) in [5.74, 6) is 0. The molecule has 15 heavy (non-hydrogen) atoms. The molecule has 0 aliphatic carbocycles. The third-order valence-corrected chi connectivity index (χ3v) is 4.22. The van der Waals surface area contributed by atoms with Crippen LogP contribution in [0.25, 0.3) is 0 Å². The molecule has 0 saturated carbocycles. The zero-order chi connectivity index (χ0) is 11.5. The van der Waals surface area contributed by atoms with Crippen molar-refractivity contribution in [3.8, 4) is 0 Å². The molecule has 0 aromatic heterocycles. The predicted molar refractivity (Wildman–Crippen MR) is 60.0 cm³/mol. The lowest BCUT2D eigenvalue weighted by atomic mass is 10.4. The Hall–Kier alpha value is -0.720. The minimum absolute atomic E-state index is 0.140. The molecule has 1 aromatic carbocycles. The molecule has 0 atom stereocenters. The lowest BCUT2D eigenvalue weighted by Crippen LogP contribution is -2.28. The van der Waals surface area contributed by atoms with E-state index in [1.807, 2.05) is 0 Å². The van der Waals surface area contributed by atoms with Crippen LogP contribution in [0.3, 0.4) is 0 Å². The Labute approximate surface area is 97.1 Å². The average molecular weight is 292 g/mol. The fourth-order valence-corrected chi connectivity index (χ4v) is 2.35. The zero-order valence-corrected chi connectivity index (χ0v) is 10.5. The van der Waals surface area contributed by atoms with Gasteiger partial charge in [0.05, 0.1) is 11.4 Å². The van der Waals surface area contributed by atoms with Gasteiger partial charge in [0.25, 0.3) is 0 Å². The molecule has 0 spiro atoms. The lowest BCUT2D eigenvalue weighted by molar-refractivity contribution is -0.107. The second-order valence-corrected chi connectivity index (χ2v) is 5.87. The Morgan fingerprint density at radius 3 is 2.33 bits per heavy atom. The highest BCUT2D eigenvalue weighted by molar-refractivity contribution is 9.10. The predicted octanol–water partition coefficient (Wildman–Crippen LogP) is 1.27. The van der Waals surface area contributed by atoms with Gasteiger partial charge >= 0.3 is 0 Å². The molecule has 1 rings (SSSR count). The number of carbonyl (C=O) groups is 1. The first kappa shape index (κ1) is 12.4. The van der Waals surface area contributed by atoms with Gasteiger partial charge in [-0.25, -0.2) is 8.42 Å². The lowest BCUT2D eigenvalue weighted by Gasteiger charge is -2.13. The van der Waals surface area contributed by atoms with Crippen LogP contribution >= 0.6 is 15.9 Å². The largest absolute Gasteiger partial charge is 0.302 e. The molecule has 82 valence electrons. The van der Waals surface area contributed by atoms with Crippen LogP contribution in [-0.4, -0.2) is 32.6 Å². The van der Waals surface area contributed by atoms with Crippen molar-refractivity contribution in [2.45, 2.75) is 4.90 Å². The first-order valence-electron chi connectivity index (χ1n) is 4.14. The van der Waals surface area contributed by atoms with E-state index < -0.39 is 10.0 Å². The van der Waals surface area contributed by atoms with Crippen LogP contribution in [0.4, 0.5) is 0 Å². The molecule has 0 fully saturated rings. The third-order valence-electron chi connectivity index (χ3n) is 1.85. The summed E-state index contributed by atoms with van der Waals surface area (Å²) in [6.07, 6.45) is 0.552. The van der Waals surface area contributed by atoms with E-state index in [1.54, 1.807) is 12.1 Å². The Morgan fingerprint density at radius 2 is 1.87 bits per heavy atom. The highest BCUT2D eigenvalue weighted by Gasteiger charge is 2.19. The summed E-state index contributed by atoms with van der Waals surface area (Å²) in [4.78, 5) is 10.4. The van der Waals surface area contributed by atoms with E-state index in [4.69, 9.17) is 0 Å². The van der Waals surface area contributed by atoms with E-state index in [9.17, 15) is 13.2 Å². The van der Waals surface area contributed by atoms with Crippen molar-refractivity contribution in [1.29, 1.82) is 0 Å². The fraction of sp³-hybridized carbons (Fsp3) is 0.222. The molecule has 0 bridgehead atoms. The number of hydrogen-bond acceptors (Lipinski definition) is 3. The number of sulfonamides is 1. The highest BCUT2D eigenvalue weighted by Crippen LogP contribution is 2.17.